The maximum Gasteiger partial charge on any atom is 0.157 e. The average molecular weight is 261 g/mol. The number of hydrogen-bond acceptors (Lipinski definition) is 4. The molecule has 0 saturated heterocycles. The normalized spacial score (nSPS) is 11.0. The minimum Gasteiger partial charge on any atom is -0.338 e. The number of pyridine rings is 1. The molecule has 0 amide bonds. The van der Waals surface area contributed by atoms with Crippen molar-refractivity contribution in [1.82, 2.24) is 19.6 Å². The zero-order chi connectivity index (χ0) is 13.4. The molecule has 5 nitrogen and oxygen atoms in total. The van der Waals surface area contributed by atoms with E-state index in [9.17, 15) is 0 Å². The highest BCUT2D eigenvalue weighted by Gasteiger charge is 2.05. The van der Waals surface area contributed by atoms with E-state index in [0.29, 0.717) is 0 Å². The Morgan fingerprint density at radius 1 is 0.850 bits per heavy atom. The Morgan fingerprint density at radius 3 is 2.80 bits per heavy atom. The van der Waals surface area contributed by atoms with Crippen molar-refractivity contribution in [3.63, 3.8) is 0 Å². The van der Waals surface area contributed by atoms with Crippen molar-refractivity contribution in [3.8, 4) is 0 Å². The van der Waals surface area contributed by atoms with Gasteiger partial charge in [0.1, 0.15) is 5.82 Å². The van der Waals surface area contributed by atoms with Crippen molar-refractivity contribution in [1.29, 1.82) is 0 Å². The van der Waals surface area contributed by atoms with Crippen LogP contribution in [0.1, 0.15) is 0 Å². The van der Waals surface area contributed by atoms with Crippen LogP contribution in [0.25, 0.3) is 16.6 Å². The van der Waals surface area contributed by atoms with Gasteiger partial charge >= 0.3 is 0 Å². The molecule has 0 atom stereocenters. The van der Waals surface area contributed by atoms with E-state index in [-0.39, 0.29) is 0 Å². The second kappa shape index (κ2) is 4.31. The van der Waals surface area contributed by atoms with Gasteiger partial charge in [0, 0.05) is 23.8 Å². The summed E-state index contributed by atoms with van der Waals surface area (Å²) in [6.45, 7) is 0. The first-order valence-corrected chi connectivity index (χ1v) is 6.31. The number of anilines is 2. The Bertz CT molecular complexity index is 891. The monoisotopic (exact) mass is 261 g/mol. The van der Waals surface area contributed by atoms with Crippen LogP contribution in [0.3, 0.4) is 0 Å². The molecule has 1 N–H and O–H groups in total. The van der Waals surface area contributed by atoms with Crippen LogP contribution in [0.15, 0.2) is 61.1 Å². The van der Waals surface area contributed by atoms with Crippen molar-refractivity contribution >= 4 is 28.1 Å². The standard InChI is InChI=1S/C15H11N5/c1-3-11-4-2-8-17-15(11)12(5-1)19-14-6-9-16-13-7-10-18-20(13)14/h1-10,19H. The minimum absolute atomic E-state index is 0.809. The predicted octanol–water partition coefficient (Wildman–Crippen LogP) is 3.02. The molecule has 0 saturated carbocycles. The van der Waals surface area contributed by atoms with Gasteiger partial charge < -0.3 is 5.32 Å². The fraction of sp³-hybridized carbons (Fsp3) is 0. The molecule has 0 spiro atoms. The van der Waals surface area contributed by atoms with E-state index in [1.54, 1.807) is 23.1 Å². The molecule has 0 aliphatic heterocycles. The van der Waals surface area contributed by atoms with Crippen LogP contribution in [-0.4, -0.2) is 19.6 Å². The Labute approximate surface area is 114 Å². The molecule has 1 aromatic carbocycles. The smallest absolute Gasteiger partial charge is 0.157 e. The number of hydrogen-bond donors (Lipinski definition) is 1. The Hall–Kier alpha value is -2.95. The fourth-order valence-corrected chi connectivity index (χ4v) is 2.27. The van der Waals surface area contributed by atoms with Crippen molar-refractivity contribution in [2.24, 2.45) is 0 Å². The molecule has 96 valence electrons. The molecule has 20 heavy (non-hydrogen) atoms. The van der Waals surface area contributed by atoms with Gasteiger partial charge in [-0.2, -0.15) is 9.61 Å². The molecule has 0 fully saturated rings. The number of para-hydroxylation sites is 1. The molecule has 4 rings (SSSR count). The van der Waals surface area contributed by atoms with Gasteiger partial charge in [-0.1, -0.05) is 18.2 Å². The van der Waals surface area contributed by atoms with Gasteiger partial charge in [-0.25, -0.2) is 4.98 Å². The lowest BCUT2D eigenvalue weighted by Crippen LogP contribution is -2.01. The number of aromatic nitrogens is 4. The predicted molar refractivity (Wildman–Crippen MR) is 78.0 cm³/mol. The van der Waals surface area contributed by atoms with E-state index in [1.807, 2.05) is 42.5 Å². The Balaban J connectivity index is 1.87. The lowest BCUT2D eigenvalue weighted by atomic mass is 10.2. The average Bonchev–Trinajstić information content (AvgIpc) is 2.97. The first-order chi connectivity index (χ1) is 9.92. The van der Waals surface area contributed by atoms with E-state index < -0.39 is 0 Å². The quantitative estimate of drug-likeness (QED) is 0.602. The summed E-state index contributed by atoms with van der Waals surface area (Å²) in [6, 6.07) is 13.8. The van der Waals surface area contributed by atoms with Crippen molar-refractivity contribution in [3.05, 3.63) is 61.1 Å². The third-order valence-electron chi connectivity index (χ3n) is 3.19. The molecule has 0 aliphatic carbocycles. The van der Waals surface area contributed by atoms with Gasteiger partial charge in [0.25, 0.3) is 0 Å². The summed E-state index contributed by atoms with van der Waals surface area (Å²) in [6.07, 6.45) is 5.29. The van der Waals surface area contributed by atoms with Crippen LogP contribution >= 0.6 is 0 Å². The highest BCUT2D eigenvalue weighted by atomic mass is 15.3. The van der Waals surface area contributed by atoms with Crippen LogP contribution in [0, 0.1) is 0 Å². The molecular formula is C15H11N5. The van der Waals surface area contributed by atoms with E-state index in [0.717, 1.165) is 28.1 Å². The van der Waals surface area contributed by atoms with Gasteiger partial charge in [0.15, 0.2) is 5.65 Å². The van der Waals surface area contributed by atoms with E-state index in [1.165, 1.54) is 0 Å². The number of rotatable bonds is 2. The van der Waals surface area contributed by atoms with Crippen molar-refractivity contribution in [2.45, 2.75) is 0 Å². The number of benzene rings is 1. The third-order valence-corrected chi connectivity index (χ3v) is 3.19. The van der Waals surface area contributed by atoms with Gasteiger partial charge in [-0.15, -0.1) is 0 Å². The zero-order valence-corrected chi connectivity index (χ0v) is 10.6. The summed E-state index contributed by atoms with van der Waals surface area (Å²) in [5.41, 5.74) is 2.70. The van der Waals surface area contributed by atoms with E-state index in [2.05, 4.69) is 20.4 Å². The molecule has 0 unspecified atom stereocenters. The Kier molecular flexibility index (Phi) is 2.35. The van der Waals surface area contributed by atoms with Gasteiger partial charge in [0.2, 0.25) is 0 Å². The molecule has 0 bridgehead atoms. The molecule has 3 heterocycles. The van der Waals surface area contributed by atoms with Crippen molar-refractivity contribution < 1.29 is 0 Å². The van der Waals surface area contributed by atoms with Gasteiger partial charge in [-0.3, -0.25) is 4.98 Å². The molecule has 3 aromatic heterocycles. The SMILES string of the molecule is c1cnc2c(Nc3ccnc4ccnn34)cccc2c1. The number of nitrogens with one attached hydrogen (secondary N) is 1. The topological polar surface area (TPSA) is 55.1 Å². The third kappa shape index (κ3) is 1.68. The second-order valence-corrected chi connectivity index (χ2v) is 4.44. The molecule has 5 heteroatoms. The van der Waals surface area contributed by atoms with Crippen molar-refractivity contribution in [2.75, 3.05) is 5.32 Å². The first kappa shape index (κ1) is 10.9. The minimum atomic E-state index is 0.809. The van der Waals surface area contributed by atoms with E-state index >= 15 is 0 Å². The van der Waals surface area contributed by atoms with Crippen LogP contribution < -0.4 is 5.32 Å². The highest BCUT2D eigenvalue weighted by molar-refractivity contribution is 5.91. The summed E-state index contributed by atoms with van der Waals surface area (Å²) in [5.74, 6) is 0.859. The van der Waals surface area contributed by atoms with Crippen LogP contribution in [-0.2, 0) is 0 Å². The lowest BCUT2D eigenvalue weighted by molar-refractivity contribution is 0.947. The molecule has 0 aliphatic rings. The summed E-state index contributed by atoms with van der Waals surface area (Å²) >= 11 is 0. The lowest BCUT2D eigenvalue weighted by Gasteiger charge is -2.10. The fourth-order valence-electron chi connectivity index (χ4n) is 2.27. The largest absolute Gasteiger partial charge is 0.338 e. The zero-order valence-electron chi connectivity index (χ0n) is 10.6. The second-order valence-electron chi connectivity index (χ2n) is 4.44. The Morgan fingerprint density at radius 2 is 1.80 bits per heavy atom. The summed E-state index contributed by atoms with van der Waals surface area (Å²) < 4.78 is 1.77. The molecule has 4 aromatic rings. The van der Waals surface area contributed by atoms with Gasteiger partial charge in [0.05, 0.1) is 17.4 Å². The summed E-state index contributed by atoms with van der Waals surface area (Å²) in [7, 11) is 0. The maximum atomic E-state index is 4.44. The highest BCUT2D eigenvalue weighted by Crippen LogP contribution is 2.24. The maximum absolute atomic E-state index is 4.44. The molecular weight excluding hydrogens is 250 g/mol. The molecule has 0 radical (unpaired) electrons. The summed E-state index contributed by atoms with van der Waals surface area (Å²) in [5, 5.41) is 8.74. The van der Waals surface area contributed by atoms with Crippen LogP contribution in [0.4, 0.5) is 11.5 Å². The van der Waals surface area contributed by atoms with Crippen LogP contribution in [0.2, 0.25) is 0 Å². The first-order valence-electron chi connectivity index (χ1n) is 6.31. The summed E-state index contributed by atoms with van der Waals surface area (Å²) in [4.78, 5) is 8.69. The van der Waals surface area contributed by atoms with E-state index in [4.69, 9.17) is 0 Å². The number of nitrogens with zero attached hydrogens (tertiary/aromatic N) is 4. The number of fused-ring (bicyclic) bond motifs is 2. The van der Waals surface area contributed by atoms with Crippen LogP contribution in [0.5, 0.6) is 0 Å². The van der Waals surface area contributed by atoms with Gasteiger partial charge in [-0.05, 0) is 18.2 Å².